The summed E-state index contributed by atoms with van der Waals surface area (Å²) in [5.74, 6) is 0.204. The van der Waals surface area contributed by atoms with Crippen LogP contribution in [0.3, 0.4) is 0 Å². The first-order valence-corrected chi connectivity index (χ1v) is 7.74. The number of sulfone groups is 1. The van der Waals surface area contributed by atoms with Crippen molar-refractivity contribution in [2.45, 2.75) is 13.0 Å². The van der Waals surface area contributed by atoms with E-state index in [0.717, 1.165) is 39.4 Å². The molecule has 1 saturated heterocycles. The van der Waals surface area contributed by atoms with Crippen molar-refractivity contribution in [1.82, 2.24) is 10.2 Å². The number of hydrogen-bond donors (Lipinski definition) is 1. The zero-order valence-corrected chi connectivity index (χ0v) is 10.9. The molecule has 0 radical (unpaired) electrons. The van der Waals surface area contributed by atoms with Crippen LogP contribution in [0.15, 0.2) is 0 Å². The van der Waals surface area contributed by atoms with E-state index in [0.29, 0.717) is 0 Å². The van der Waals surface area contributed by atoms with Crippen LogP contribution < -0.4 is 5.32 Å². The summed E-state index contributed by atoms with van der Waals surface area (Å²) >= 11 is 0. The summed E-state index contributed by atoms with van der Waals surface area (Å²) in [7, 11) is -2.87. The number of morpholine rings is 1. The quantitative estimate of drug-likeness (QED) is 0.678. The standard InChI is InChI=1S/C10H22N2O3S/c1-10(9-16(2,13)14)11-3-4-12-5-7-15-8-6-12/h10-11H,3-9H2,1-2H3. The van der Waals surface area contributed by atoms with Crippen LogP contribution in [-0.2, 0) is 14.6 Å². The molecule has 1 aliphatic heterocycles. The highest BCUT2D eigenvalue weighted by Crippen LogP contribution is 1.95. The summed E-state index contributed by atoms with van der Waals surface area (Å²) in [5, 5.41) is 3.22. The molecule has 0 saturated carbocycles. The topological polar surface area (TPSA) is 58.6 Å². The first kappa shape index (κ1) is 13.9. The largest absolute Gasteiger partial charge is 0.379 e. The third-order valence-corrected chi connectivity index (χ3v) is 3.68. The molecule has 96 valence electrons. The van der Waals surface area contributed by atoms with E-state index in [1.54, 1.807) is 0 Å². The average molecular weight is 250 g/mol. The van der Waals surface area contributed by atoms with Crippen molar-refractivity contribution >= 4 is 9.84 Å². The molecule has 1 aliphatic rings. The second-order valence-corrected chi connectivity index (χ2v) is 6.59. The van der Waals surface area contributed by atoms with Gasteiger partial charge in [0.15, 0.2) is 0 Å². The minimum Gasteiger partial charge on any atom is -0.379 e. The summed E-state index contributed by atoms with van der Waals surface area (Å²) in [6, 6.07) is 0.0241. The third-order valence-electron chi connectivity index (χ3n) is 2.58. The minimum absolute atomic E-state index is 0.0241. The van der Waals surface area contributed by atoms with E-state index in [1.165, 1.54) is 6.26 Å². The van der Waals surface area contributed by atoms with E-state index >= 15 is 0 Å². The second kappa shape index (κ2) is 6.54. The molecular formula is C10H22N2O3S. The molecule has 5 nitrogen and oxygen atoms in total. The van der Waals surface area contributed by atoms with E-state index in [4.69, 9.17) is 4.74 Å². The molecule has 0 amide bonds. The second-order valence-electron chi connectivity index (χ2n) is 4.40. The van der Waals surface area contributed by atoms with Crippen LogP contribution in [0.4, 0.5) is 0 Å². The van der Waals surface area contributed by atoms with Crippen molar-refractivity contribution < 1.29 is 13.2 Å². The molecule has 6 heteroatoms. The number of nitrogens with one attached hydrogen (secondary N) is 1. The SMILES string of the molecule is CC(CS(C)(=O)=O)NCCN1CCOCC1. The summed E-state index contributed by atoms with van der Waals surface area (Å²) in [5.41, 5.74) is 0. The van der Waals surface area contributed by atoms with Crippen molar-refractivity contribution in [3.05, 3.63) is 0 Å². The predicted molar refractivity (Wildman–Crippen MR) is 64.4 cm³/mol. The molecule has 1 unspecified atom stereocenters. The fourth-order valence-electron chi connectivity index (χ4n) is 1.81. The maximum atomic E-state index is 11.0. The molecule has 0 aliphatic carbocycles. The van der Waals surface area contributed by atoms with E-state index in [2.05, 4.69) is 10.2 Å². The van der Waals surface area contributed by atoms with E-state index in [1.807, 2.05) is 6.92 Å². The summed E-state index contributed by atoms with van der Waals surface area (Å²) in [6.45, 7) is 7.25. The molecule has 0 aromatic heterocycles. The molecule has 1 rings (SSSR count). The molecule has 0 spiro atoms. The van der Waals surface area contributed by atoms with Crippen molar-refractivity contribution in [3.8, 4) is 0 Å². The van der Waals surface area contributed by atoms with Gasteiger partial charge in [-0.15, -0.1) is 0 Å². The predicted octanol–water partition coefficient (Wildman–Crippen LogP) is -0.659. The van der Waals surface area contributed by atoms with Gasteiger partial charge in [0.1, 0.15) is 9.84 Å². The van der Waals surface area contributed by atoms with Crippen LogP contribution in [0.2, 0.25) is 0 Å². The molecule has 0 bridgehead atoms. The normalized spacial score (nSPS) is 20.9. The van der Waals surface area contributed by atoms with Gasteiger partial charge in [-0.1, -0.05) is 0 Å². The van der Waals surface area contributed by atoms with Crippen LogP contribution in [-0.4, -0.2) is 70.8 Å². The van der Waals surface area contributed by atoms with E-state index < -0.39 is 9.84 Å². The maximum Gasteiger partial charge on any atom is 0.148 e. The van der Waals surface area contributed by atoms with Gasteiger partial charge in [0.05, 0.1) is 19.0 Å². The first-order chi connectivity index (χ1) is 7.47. The Labute approximate surface area is 98.1 Å². The molecule has 0 aromatic rings. The maximum absolute atomic E-state index is 11.0. The lowest BCUT2D eigenvalue weighted by Gasteiger charge is -2.27. The van der Waals surface area contributed by atoms with Crippen LogP contribution in [0.5, 0.6) is 0 Å². The van der Waals surface area contributed by atoms with Gasteiger partial charge in [0, 0.05) is 38.5 Å². The summed E-state index contributed by atoms with van der Waals surface area (Å²) in [4.78, 5) is 2.32. The summed E-state index contributed by atoms with van der Waals surface area (Å²) in [6.07, 6.45) is 1.27. The minimum atomic E-state index is -2.87. The summed E-state index contributed by atoms with van der Waals surface area (Å²) < 4.78 is 27.3. The smallest absolute Gasteiger partial charge is 0.148 e. The lowest BCUT2D eigenvalue weighted by Crippen LogP contribution is -2.43. The Morgan fingerprint density at radius 3 is 2.56 bits per heavy atom. The van der Waals surface area contributed by atoms with Crippen molar-refractivity contribution in [1.29, 1.82) is 0 Å². The Morgan fingerprint density at radius 1 is 1.38 bits per heavy atom. The van der Waals surface area contributed by atoms with Gasteiger partial charge in [-0.3, -0.25) is 4.90 Å². The van der Waals surface area contributed by atoms with Crippen LogP contribution >= 0.6 is 0 Å². The Balaban J connectivity index is 2.10. The van der Waals surface area contributed by atoms with Crippen LogP contribution in [0.1, 0.15) is 6.92 Å². The van der Waals surface area contributed by atoms with Crippen LogP contribution in [0, 0.1) is 0 Å². The Bertz CT molecular complexity index is 286. The molecule has 1 heterocycles. The lowest BCUT2D eigenvalue weighted by molar-refractivity contribution is 0.0382. The Hall–Kier alpha value is -0.170. The Morgan fingerprint density at radius 2 is 2.00 bits per heavy atom. The zero-order valence-electron chi connectivity index (χ0n) is 10.1. The number of ether oxygens (including phenoxy) is 1. The van der Waals surface area contributed by atoms with Gasteiger partial charge >= 0.3 is 0 Å². The number of rotatable bonds is 6. The van der Waals surface area contributed by atoms with Crippen molar-refractivity contribution in [2.75, 3.05) is 51.4 Å². The molecule has 0 aromatic carbocycles. The Kier molecular flexibility index (Phi) is 5.68. The van der Waals surface area contributed by atoms with Gasteiger partial charge < -0.3 is 10.1 Å². The lowest BCUT2D eigenvalue weighted by atomic mass is 10.3. The molecular weight excluding hydrogens is 228 g/mol. The number of nitrogens with zero attached hydrogens (tertiary/aromatic N) is 1. The average Bonchev–Trinajstić information content (AvgIpc) is 2.16. The van der Waals surface area contributed by atoms with Crippen molar-refractivity contribution in [2.24, 2.45) is 0 Å². The van der Waals surface area contributed by atoms with Gasteiger partial charge in [-0.2, -0.15) is 0 Å². The van der Waals surface area contributed by atoms with Gasteiger partial charge in [-0.05, 0) is 6.92 Å². The van der Waals surface area contributed by atoms with Crippen LogP contribution in [0.25, 0.3) is 0 Å². The van der Waals surface area contributed by atoms with Gasteiger partial charge in [-0.25, -0.2) is 8.42 Å². The third kappa shape index (κ3) is 6.42. The fraction of sp³-hybridized carbons (Fsp3) is 1.00. The fourth-order valence-corrected chi connectivity index (χ4v) is 2.83. The molecule has 1 fully saturated rings. The molecule has 1 N–H and O–H groups in total. The van der Waals surface area contributed by atoms with Gasteiger partial charge in [0.2, 0.25) is 0 Å². The van der Waals surface area contributed by atoms with E-state index in [-0.39, 0.29) is 11.8 Å². The zero-order chi connectivity index (χ0) is 12.0. The monoisotopic (exact) mass is 250 g/mol. The van der Waals surface area contributed by atoms with E-state index in [9.17, 15) is 8.42 Å². The number of hydrogen-bond acceptors (Lipinski definition) is 5. The molecule has 16 heavy (non-hydrogen) atoms. The first-order valence-electron chi connectivity index (χ1n) is 5.68. The highest BCUT2D eigenvalue weighted by molar-refractivity contribution is 7.90. The molecule has 1 atom stereocenters. The van der Waals surface area contributed by atoms with Gasteiger partial charge in [0.25, 0.3) is 0 Å². The highest BCUT2D eigenvalue weighted by Gasteiger charge is 2.12. The van der Waals surface area contributed by atoms with Crippen molar-refractivity contribution in [3.63, 3.8) is 0 Å². The highest BCUT2D eigenvalue weighted by atomic mass is 32.2.